The largest absolute Gasteiger partial charge is 0.342 e. The Bertz CT molecular complexity index is 1060. The monoisotopic (exact) mass is 444 g/mol. The van der Waals surface area contributed by atoms with E-state index in [1.807, 2.05) is 6.92 Å². The van der Waals surface area contributed by atoms with Crippen molar-refractivity contribution in [1.82, 2.24) is 14.9 Å². The Morgan fingerprint density at radius 1 is 1.00 bits per heavy atom. The molecule has 8 heteroatoms. The molecule has 2 aliphatic heterocycles. The maximum atomic E-state index is 13.2. The van der Waals surface area contributed by atoms with Gasteiger partial charge in [0.25, 0.3) is 0 Å². The average molecular weight is 445 g/mol. The molecule has 0 saturated carbocycles. The summed E-state index contributed by atoms with van der Waals surface area (Å²) >= 11 is 0. The maximum absolute atomic E-state index is 13.2. The van der Waals surface area contributed by atoms with Crippen LogP contribution in [0, 0.1) is 12.8 Å². The van der Waals surface area contributed by atoms with Gasteiger partial charge in [-0.15, -0.1) is 0 Å². The van der Waals surface area contributed by atoms with Crippen LogP contribution < -0.4 is 4.90 Å². The number of fused-ring (bicyclic) bond motifs is 1. The molecule has 1 atom stereocenters. The molecule has 4 rings (SSSR count). The van der Waals surface area contributed by atoms with Gasteiger partial charge in [0.15, 0.2) is 9.84 Å². The van der Waals surface area contributed by atoms with Crippen LogP contribution in [0.2, 0.25) is 0 Å². The third-order valence-electron chi connectivity index (χ3n) is 6.50. The fourth-order valence-electron chi connectivity index (χ4n) is 4.71. The van der Waals surface area contributed by atoms with Crippen molar-refractivity contribution in [2.75, 3.05) is 37.3 Å². The number of aromatic nitrogens is 2. The van der Waals surface area contributed by atoms with Crippen LogP contribution >= 0.6 is 0 Å². The Kier molecular flexibility index (Phi) is 6.46. The zero-order valence-corrected chi connectivity index (χ0v) is 19.3. The zero-order valence-electron chi connectivity index (χ0n) is 18.5. The molecule has 0 bridgehead atoms. The van der Waals surface area contributed by atoms with E-state index in [0.717, 1.165) is 56.4 Å². The van der Waals surface area contributed by atoms with Crippen LogP contribution in [0.4, 0.5) is 5.95 Å². The second-order valence-corrected chi connectivity index (χ2v) is 11.0. The molecule has 168 valence electrons. The van der Waals surface area contributed by atoms with Crippen LogP contribution in [0.15, 0.2) is 23.1 Å². The predicted molar refractivity (Wildman–Crippen MR) is 122 cm³/mol. The number of benzene rings is 1. The van der Waals surface area contributed by atoms with Crippen molar-refractivity contribution in [3.63, 3.8) is 0 Å². The molecule has 2 aliphatic rings. The Labute approximate surface area is 184 Å². The van der Waals surface area contributed by atoms with E-state index in [0.29, 0.717) is 18.0 Å². The zero-order chi connectivity index (χ0) is 22.0. The molecular weight excluding hydrogens is 412 g/mol. The summed E-state index contributed by atoms with van der Waals surface area (Å²) in [5, 5.41) is 0.849. The molecular formula is C23H32N4O3S. The van der Waals surface area contributed by atoms with Crippen LogP contribution in [0.5, 0.6) is 0 Å². The van der Waals surface area contributed by atoms with Crippen LogP contribution in [-0.4, -0.2) is 61.6 Å². The number of amides is 1. The van der Waals surface area contributed by atoms with Gasteiger partial charge in [0.05, 0.1) is 22.0 Å². The van der Waals surface area contributed by atoms with Gasteiger partial charge >= 0.3 is 0 Å². The molecule has 31 heavy (non-hydrogen) atoms. The van der Waals surface area contributed by atoms with E-state index in [1.165, 1.54) is 25.5 Å². The summed E-state index contributed by atoms with van der Waals surface area (Å²) in [4.78, 5) is 27.0. The molecule has 3 heterocycles. The molecule has 0 N–H and O–H groups in total. The smallest absolute Gasteiger partial charge is 0.227 e. The number of sulfone groups is 1. The summed E-state index contributed by atoms with van der Waals surface area (Å²) in [5.41, 5.74) is 1.44. The van der Waals surface area contributed by atoms with Gasteiger partial charge in [0, 0.05) is 37.8 Å². The Morgan fingerprint density at radius 2 is 1.71 bits per heavy atom. The molecule has 2 aromatic rings. The highest BCUT2D eigenvalue weighted by molar-refractivity contribution is 7.90. The maximum Gasteiger partial charge on any atom is 0.227 e. The van der Waals surface area contributed by atoms with E-state index >= 15 is 0 Å². The molecule has 0 radical (unpaired) electrons. The van der Waals surface area contributed by atoms with E-state index in [-0.39, 0.29) is 16.7 Å². The lowest BCUT2D eigenvalue weighted by Crippen LogP contribution is -2.46. The van der Waals surface area contributed by atoms with Crippen molar-refractivity contribution in [1.29, 1.82) is 0 Å². The van der Waals surface area contributed by atoms with Crippen molar-refractivity contribution in [3.05, 3.63) is 23.9 Å². The fourth-order valence-corrected chi connectivity index (χ4v) is 5.35. The minimum Gasteiger partial charge on any atom is -0.342 e. The predicted octanol–water partition coefficient (Wildman–Crippen LogP) is 3.35. The van der Waals surface area contributed by atoms with Crippen LogP contribution in [0.3, 0.4) is 0 Å². The first-order valence-corrected chi connectivity index (χ1v) is 13.2. The number of aryl methyl sites for hydroxylation is 1. The van der Waals surface area contributed by atoms with Crippen molar-refractivity contribution in [2.24, 2.45) is 5.92 Å². The van der Waals surface area contributed by atoms with Crippen molar-refractivity contribution in [3.8, 4) is 0 Å². The molecule has 1 aromatic heterocycles. The standard InChI is InChI=1S/C23H32N4O3S/c1-17-20-11-10-19(31(2,29)30)15-21(20)25-23(24-17)27-14-8-9-18(16-27)22(28)26-12-6-4-3-5-7-13-26/h10-11,15,18H,3-9,12-14,16H2,1-2H3. The lowest BCUT2D eigenvalue weighted by atomic mass is 9.96. The van der Waals surface area contributed by atoms with Crippen LogP contribution in [-0.2, 0) is 14.6 Å². The third kappa shape index (κ3) is 5.00. The summed E-state index contributed by atoms with van der Waals surface area (Å²) in [6.45, 7) is 5.08. The summed E-state index contributed by atoms with van der Waals surface area (Å²) in [6, 6.07) is 5.00. The van der Waals surface area contributed by atoms with Gasteiger partial charge in [-0.2, -0.15) is 0 Å². The van der Waals surface area contributed by atoms with E-state index in [9.17, 15) is 13.2 Å². The van der Waals surface area contributed by atoms with Crippen molar-refractivity contribution in [2.45, 2.75) is 56.8 Å². The van der Waals surface area contributed by atoms with Gasteiger partial charge in [-0.25, -0.2) is 18.4 Å². The lowest BCUT2D eigenvalue weighted by molar-refractivity contribution is -0.136. The van der Waals surface area contributed by atoms with E-state index in [4.69, 9.17) is 9.97 Å². The second-order valence-electron chi connectivity index (χ2n) is 8.94. The topological polar surface area (TPSA) is 83.5 Å². The number of hydrogen-bond donors (Lipinski definition) is 0. The number of carbonyl (C=O) groups excluding carboxylic acids is 1. The number of hydrogen-bond acceptors (Lipinski definition) is 6. The second kappa shape index (κ2) is 9.10. The first-order valence-electron chi connectivity index (χ1n) is 11.3. The highest BCUT2D eigenvalue weighted by Gasteiger charge is 2.30. The molecule has 1 amide bonds. The number of likely N-dealkylation sites (tertiary alicyclic amines) is 1. The van der Waals surface area contributed by atoms with Crippen LogP contribution in [0.1, 0.15) is 50.6 Å². The van der Waals surface area contributed by atoms with Crippen LogP contribution in [0.25, 0.3) is 10.9 Å². The third-order valence-corrected chi connectivity index (χ3v) is 7.61. The molecule has 0 spiro atoms. The summed E-state index contributed by atoms with van der Waals surface area (Å²) in [6.07, 6.45) is 8.91. The first kappa shape index (κ1) is 22.0. The number of rotatable bonds is 3. The van der Waals surface area contributed by atoms with Gasteiger partial charge < -0.3 is 9.80 Å². The quantitative estimate of drug-likeness (QED) is 0.722. The first-order chi connectivity index (χ1) is 14.8. The highest BCUT2D eigenvalue weighted by atomic mass is 32.2. The summed E-state index contributed by atoms with van der Waals surface area (Å²) in [5.74, 6) is 0.819. The fraction of sp³-hybridized carbons (Fsp3) is 0.609. The van der Waals surface area contributed by atoms with Gasteiger partial charge in [-0.3, -0.25) is 4.79 Å². The molecule has 7 nitrogen and oxygen atoms in total. The highest BCUT2D eigenvalue weighted by Crippen LogP contribution is 2.27. The van der Waals surface area contributed by atoms with E-state index < -0.39 is 9.84 Å². The van der Waals surface area contributed by atoms with Crippen molar-refractivity contribution < 1.29 is 13.2 Å². The SMILES string of the molecule is Cc1nc(N2CCCC(C(=O)N3CCCCCCC3)C2)nc2cc(S(C)(=O)=O)ccc12. The van der Waals surface area contributed by atoms with Gasteiger partial charge in [0.2, 0.25) is 11.9 Å². The Hall–Kier alpha value is -2.22. The Balaban J connectivity index is 1.56. The number of piperidine rings is 1. The van der Waals surface area contributed by atoms with E-state index in [2.05, 4.69) is 9.80 Å². The van der Waals surface area contributed by atoms with Crippen molar-refractivity contribution >= 4 is 32.6 Å². The summed E-state index contributed by atoms with van der Waals surface area (Å²) in [7, 11) is -3.31. The minimum atomic E-state index is -3.31. The molecule has 1 unspecified atom stereocenters. The van der Waals surface area contributed by atoms with Gasteiger partial charge in [0.1, 0.15) is 0 Å². The average Bonchev–Trinajstić information content (AvgIpc) is 2.72. The lowest BCUT2D eigenvalue weighted by Gasteiger charge is -2.35. The van der Waals surface area contributed by atoms with Gasteiger partial charge in [-0.05, 0) is 50.8 Å². The van der Waals surface area contributed by atoms with Gasteiger partial charge in [-0.1, -0.05) is 19.3 Å². The Morgan fingerprint density at radius 3 is 2.42 bits per heavy atom. The molecule has 0 aliphatic carbocycles. The molecule has 2 fully saturated rings. The minimum absolute atomic E-state index is 0.0323. The van der Waals surface area contributed by atoms with E-state index in [1.54, 1.807) is 18.2 Å². The summed E-state index contributed by atoms with van der Waals surface area (Å²) < 4.78 is 23.9. The number of nitrogens with zero attached hydrogens (tertiary/aromatic N) is 4. The molecule has 1 aromatic carbocycles. The number of carbonyl (C=O) groups is 1. The normalized spacial score (nSPS) is 21.0. The molecule has 2 saturated heterocycles. The number of anilines is 1.